The van der Waals surface area contributed by atoms with E-state index in [0.717, 1.165) is 12.8 Å². The van der Waals surface area contributed by atoms with Crippen molar-refractivity contribution >= 4 is 17.7 Å². The van der Waals surface area contributed by atoms with Crippen molar-refractivity contribution in [1.82, 2.24) is 0 Å². The maximum Gasteiger partial charge on any atom is 0.397 e. The zero-order valence-corrected chi connectivity index (χ0v) is 23.4. The van der Waals surface area contributed by atoms with Crippen LogP contribution in [0, 0.1) is 0 Å². The van der Waals surface area contributed by atoms with Gasteiger partial charge in [0.2, 0.25) is 0 Å². The Morgan fingerprint density at radius 2 is 0.903 bits per heavy atom. The van der Waals surface area contributed by atoms with Crippen LogP contribution in [0.4, 0.5) is 0 Å². The van der Waals surface area contributed by atoms with Crippen molar-refractivity contribution in [2.45, 2.75) is 130 Å². The molecule has 6 heteroatoms. The highest BCUT2D eigenvalue weighted by Gasteiger charge is 2.19. The molecule has 4 nitrogen and oxygen atoms in total. The lowest BCUT2D eigenvalue weighted by atomic mass is 10.1. The Morgan fingerprint density at radius 3 is 1.23 bits per heavy atom. The van der Waals surface area contributed by atoms with Gasteiger partial charge in [0.15, 0.2) is 0 Å². The van der Waals surface area contributed by atoms with Crippen molar-refractivity contribution in [2.75, 3.05) is 31.8 Å². The first kappa shape index (κ1) is 33.5. The lowest BCUT2D eigenvalue weighted by Gasteiger charge is -2.32. The van der Waals surface area contributed by atoms with E-state index in [-0.39, 0.29) is 6.61 Å². The van der Waals surface area contributed by atoms with Gasteiger partial charge in [-0.1, -0.05) is 105 Å². The molecule has 0 amide bonds. The first-order chi connectivity index (χ1) is 14.7. The third-order valence-electron chi connectivity index (χ3n) is 5.88. The van der Waals surface area contributed by atoms with Gasteiger partial charge in [0.1, 0.15) is 0 Å². The minimum Gasteiger partial charge on any atom is -0.264 e. The highest BCUT2D eigenvalue weighted by atomic mass is 32.3. The standard InChI is InChI=1S/C13H30P.C12H26O4S/c1-5-8-11-14(4,12-9-6-2)13-10-7-3;1-2-3-4-5-6-7-8-9-10-11-12-16-17(13,14)15/h5-13H2,1-4H3;2-12H2,1H3,(H,13,14,15). The van der Waals surface area contributed by atoms with E-state index >= 15 is 0 Å². The van der Waals surface area contributed by atoms with Crippen LogP contribution in [-0.2, 0) is 14.6 Å². The molecule has 1 N–H and O–H groups in total. The van der Waals surface area contributed by atoms with E-state index in [1.807, 2.05) is 0 Å². The van der Waals surface area contributed by atoms with Gasteiger partial charge in [0.25, 0.3) is 0 Å². The fourth-order valence-corrected chi connectivity index (χ4v) is 7.95. The van der Waals surface area contributed by atoms with Gasteiger partial charge in [0.05, 0.1) is 6.61 Å². The average molecular weight is 484 g/mol. The zero-order valence-electron chi connectivity index (χ0n) is 21.7. The highest BCUT2D eigenvalue weighted by molar-refractivity contribution is 7.80. The Bertz CT molecular complexity index is 433. The fraction of sp³-hybridized carbons (Fsp3) is 1.00. The van der Waals surface area contributed by atoms with Crippen molar-refractivity contribution in [3.63, 3.8) is 0 Å². The minimum absolute atomic E-state index is 0.0926. The second-order valence-corrected chi connectivity index (χ2v) is 15.0. The first-order valence-electron chi connectivity index (χ1n) is 13.2. The van der Waals surface area contributed by atoms with E-state index in [0.29, 0.717) is 6.42 Å². The summed E-state index contributed by atoms with van der Waals surface area (Å²) in [5.74, 6) is 0. The van der Waals surface area contributed by atoms with E-state index in [1.165, 1.54) is 83.5 Å². The van der Waals surface area contributed by atoms with Gasteiger partial charge in [-0.2, -0.15) is 8.42 Å². The third kappa shape index (κ3) is 28.3. The lowest BCUT2D eigenvalue weighted by Crippen LogP contribution is -2.07. The van der Waals surface area contributed by atoms with Crippen LogP contribution in [-0.4, -0.2) is 44.7 Å². The highest BCUT2D eigenvalue weighted by Crippen LogP contribution is 2.57. The summed E-state index contributed by atoms with van der Waals surface area (Å²) in [4.78, 5) is 0. The van der Waals surface area contributed by atoms with Crippen LogP contribution in [0.1, 0.15) is 130 Å². The van der Waals surface area contributed by atoms with Crippen LogP contribution in [0.25, 0.3) is 0 Å². The molecule has 0 saturated heterocycles. The van der Waals surface area contributed by atoms with E-state index in [4.69, 9.17) is 4.55 Å². The molecule has 0 aromatic heterocycles. The molecule has 0 rings (SSSR count). The summed E-state index contributed by atoms with van der Waals surface area (Å²) in [7, 11) is -4.75. The SMILES string of the molecule is CCCCCCCCCCCCOS(=O)(=O)O.CCCC[P](C)(CCCC)CCCC. The molecular formula is C25H56O4PS. The summed E-state index contributed by atoms with van der Waals surface area (Å²) in [5.41, 5.74) is 0. The van der Waals surface area contributed by atoms with Crippen LogP contribution in [0.2, 0.25) is 0 Å². The topological polar surface area (TPSA) is 63.6 Å². The molecule has 0 bridgehead atoms. The molecule has 0 fully saturated rings. The Hall–Kier alpha value is 0.300. The maximum absolute atomic E-state index is 10.2. The largest absolute Gasteiger partial charge is 0.397 e. The van der Waals surface area contributed by atoms with Gasteiger partial charge in [-0.15, -0.1) is 7.26 Å². The number of unbranched alkanes of at least 4 members (excludes halogenated alkanes) is 12. The summed E-state index contributed by atoms with van der Waals surface area (Å²) in [5, 5.41) is 0. The second kappa shape index (κ2) is 23.5. The van der Waals surface area contributed by atoms with Gasteiger partial charge in [-0.25, -0.2) is 4.18 Å². The normalized spacial score (nSPS) is 11.9. The lowest BCUT2D eigenvalue weighted by molar-refractivity contribution is 0.261. The molecule has 0 aliphatic carbocycles. The van der Waals surface area contributed by atoms with E-state index < -0.39 is 17.7 Å². The molecule has 0 aliphatic heterocycles. The number of rotatable bonds is 21. The van der Waals surface area contributed by atoms with Gasteiger partial charge in [-0.05, 0) is 50.8 Å². The summed E-state index contributed by atoms with van der Waals surface area (Å²) in [6, 6.07) is 0. The smallest absolute Gasteiger partial charge is 0.264 e. The Kier molecular flexibility index (Phi) is 25.3. The van der Waals surface area contributed by atoms with E-state index in [2.05, 4.69) is 38.5 Å². The van der Waals surface area contributed by atoms with Gasteiger partial charge >= 0.3 is 10.4 Å². The Morgan fingerprint density at radius 1 is 0.581 bits per heavy atom. The molecule has 31 heavy (non-hydrogen) atoms. The molecule has 0 unspecified atom stereocenters. The summed E-state index contributed by atoms with van der Waals surface area (Å²) >= 11 is 0. The molecule has 0 aromatic carbocycles. The van der Waals surface area contributed by atoms with Crippen LogP contribution in [0.5, 0.6) is 0 Å². The van der Waals surface area contributed by atoms with Crippen LogP contribution in [0.3, 0.4) is 0 Å². The zero-order chi connectivity index (χ0) is 23.8. The Balaban J connectivity index is 0. The van der Waals surface area contributed by atoms with Crippen molar-refractivity contribution in [2.24, 2.45) is 0 Å². The first-order valence-corrected chi connectivity index (χ1v) is 17.4. The molecule has 0 atom stereocenters. The minimum atomic E-state index is -4.23. The molecule has 0 aliphatic rings. The third-order valence-corrected chi connectivity index (χ3v) is 10.5. The molecule has 0 aromatic rings. The van der Waals surface area contributed by atoms with E-state index in [9.17, 15) is 8.42 Å². The molecule has 191 valence electrons. The molecule has 1 radical (unpaired) electrons. The van der Waals surface area contributed by atoms with Crippen LogP contribution in [0.15, 0.2) is 0 Å². The predicted molar refractivity (Wildman–Crippen MR) is 142 cm³/mol. The Labute approximate surface area is 197 Å². The van der Waals surface area contributed by atoms with E-state index in [1.54, 1.807) is 18.5 Å². The quantitative estimate of drug-likeness (QED) is 0.101. The van der Waals surface area contributed by atoms with Crippen molar-refractivity contribution in [3.05, 3.63) is 0 Å². The summed E-state index contributed by atoms with van der Waals surface area (Å²) in [6.07, 6.45) is 25.1. The molecule has 0 spiro atoms. The number of hydrogen-bond acceptors (Lipinski definition) is 3. The molecule has 0 saturated carbocycles. The maximum atomic E-state index is 10.2. The van der Waals surface area contributed by atoms with Gasteiger partial charge < -0.3 is 0 Å². The second-order valence-electron chi connectivity index (χ2n) is 9.28. The van der Waals surface area contributed by atoms with Crippen LogP contribution >= 0.6 is 7.26 Å². The fourth-order valence-electron chi connectivity index (χ4n) is 3.71. The summed E-state index contributed by atoms with van der Waals surface area (Å²) in [6.45, 7) is 11.9. The number of hydrogen-bond donors (Lipinski definition) is 1. The summed E-state index contributed by atoms with van der Waals surface area (Å²) < 4.78 is 33.0. The average Bonchev–Trinajstić information content (AvgIpc) is 2.73. The van der Waals surface area contributed by atoms with Crippen molar-refractivity contribution in [1.29, 1.82) is 0 Å². The monoisotopic (exact) mass is 483 g/mol. The van der Waals surface area contributed by atoms with Crippen LogP contribution < -0.4 is 0 Å². The van der Waals surface area contributed by atoms with Gasteiger partial charge in [-0.3, -0.25) is 4.55 Å². The van der Waals surface area contributed by atoms with Gasteiger partial charge in [0, 0.05) is 0 Å². The van der Waals surface area contributed by atoms with Crippen molar-refractivity contribution < 1.29 is 17.2 Å². The predicted octanol–water partition coefficient (Wildman–Crippen LogP) is 8.76. The van der Waals surface area contributed by atoms with Crippen molar-refractivity contribution in [3.8, 4) is 0 Å². The molecule has 0 heterocycles. The molecular weight excluding hydrogens is 427 g/mol.